The SMILES string of the molecule is CNc1ccc2c(=O)c(C(=O)NC34CCC(CC3)CC4)cn(-c3ccc(F)cc3F)c2n1. The smallest absolute Gasteiger partial charge is 0.257 e. The molecule has 3 fully saturated rings. The van der Waals surface area contributed by atoms with Crippen LogP contribution in [0.5, 0.6) is 0 Å². The molecule has 6 nitrogen and oxygen atoms in total. The minimum Gasteiger partial charge on any atom is -0.373 e. The highest BCUT2D eigenvalue weighted by atomic mass is 19.1. The highest BCUT2D eigenvalue weighted by Crippen LogP contribution is 2.44. The summed E-state index contributed by atoms with van der Waals surface area (Å²) in [6, 6.07) is 6.35. The van der Waals surface area contributed by atoms with E-state index in [0.29, 0.717) is 5.82 Å². The molecule has 1 amide bonds. The van der Waals surface area contributed by atoms with Gasteiger partial charge in [-0.2, -0.15) is 0 Å². The predicted molar refractivity (Wildman–Crippen MR) is 118 cm³/mol. The summed E-state index contributed by atoms with van der Waals surface area (Å²) in [6.45, 7) is 0. The van der Waals surface area contributed by atoms with Gasteiger partial charge in [0.15, 0.2) is 5.65 Å². The van der Waals surface area contributed by atoms with E-state index >= 15 is 0 Å². The molecule has 166 valence electrons. The Hall–Kier alpha value is -3.29. The second-order valence-electron chi connectivity index (χ2n) is 8.87. The molecule has 2 heterocycles. The van der Waals surface area contributed by atoms with E-state index in [0.717, 1.165) is 56.6 Å². The van der Waals surface area contributed by atoms with Crippen molar-refractivity contribution in [3.63, 3.8) is 0 Å². The number of halogens is 2. The zero-order valence-electron chi connectivity index (χ0n) is 17.8. The largest absolute Gasteiger partial charge is 0.373 e. The van der Waals surface area contributed by atoms with E-state index < -0.39 is 23.0 Å². The van der Waals surface area contributed by atoms with Gasteiger partial charge in [-0.15, -0.1) is 0 Å². The fourth-order valence-electron chi connectivity index (χ4n) is 5.11. The Balaban J connectivity index is 1.65. The molecule has 0 unspecified atom stereocenters. The van der Waals surface area contributed by atoms with Crippen molar-refractivity contribution in [1.29, 1.82) is 0 Å². The first-order valence-electron chi connectivity index (χ1n) is 10.9. The minimum atomic E-state index is -0.817. The lowest BCUT2D eigenvalue weighted by Gasteiger charge is -2.47. The Morgan fingerprint density at radius 2 is 1.84 bits per heavy atom. The summed E-state index contributed by atoms with van der Waals surface area (Å²) >= 11 is 0. The zero-order chi connectivity index (χ0) is 22.5. The van der Waals surface area contributed by atoms with Crippen LogP contribution in [0.1, 0.15) is 48.9 Å². The van der Waals surface area contributed by atoms with Crippen LogP contribution in [0.3, 0.4) is 0 Å². The van der Waals surface area contributed by atoms with Gasteiger partial charge in [-0.3, -0.25) is 14.2 Å². The molecule has 3 aliphatic rings. The normalized spacial score (nSPS) is 22.2. The monoisotopic (exact) mass is 438 g/mol. The number of anilines is 1. The number of aromatic nitrogens is 2. The number of carbonyl (C=O) groups excluding carboxylic acids is 1. The van der Waals surface area contributed by atoms with Crippen LogP contribution < -0.4 is 16.1 Å². The van der Waals surface area contributed by atoms with Gasteiger partial charge in [0.05, 0.1) is 11.1 Å². The van der Waals surface area contributed by atoms with Gasteiger partial charge >= 0.3 is 0 Å². The van der Waals surface area contributed by atoms with Crippen LogP contribution in [0.4, 0.5) is 14.6 Å². The molecule has 3 aliphatic carbocycles. The summed E-state index contributed by atoms with van der Waals surface area (Å²) in [4.78, 5) is 30.9. The number of benzene rings is 1. The average molecular weight is 438 g/mol. The van der Waals surface area contributed by atoms with Crippen molar-refractivity contribution >= 4 is 22.8 Å². The van der Waals surface area contributed by atoms with E-state index in [1.807, 2.05) is 0 Å². The summed E-state index contributed by atoms with van der Waals surface area (Å²) in [5, 5.41) is 6.20. The fourth-order valence-corrected chi connectivity index (χ4v) is 5.11. The lowest BCUT2D eigenvalue weighted by Crippen LogP contribution is -2.54. The molecule has 32 heavy (non-hydrogen) atoms. The highest BCUT2D eigenvalue weighted by molar-refractivity contribution is 5.97. The van der Waals surface area contributed by atoms with E-state index in [9.17, 15) is 18.4 Å². The van der Waals surface area contributed by atoms with Crippen molar-refractivity contribution < 1.29 is 13.6 Å². The number of hydrogen-bond acceptors (Lipinski definition) is 4. The van der Waals surface area contributed by atoms with Crippen LogP contribution in [0.15, 0.2) is 41.3 Å². The first-order chi connectivity index (χ1) is 15.4. The molecular weight excluding hydrogens is 414 g/mol. The maximum absolute atomic E-state index is 14.7. The van der Waals surface area contributed by atoms with E-state index in [2.05, 4.69) is 15.6 Å². The number of fused-ring (bicyclic) bond motifs is 4. The van der Waals surface area contributed by atoms with Crippen molar-refractivity contribution in [1.82, 2.24) is 14.9 Å². The van der Waals surface area contributed by atoms with Crippen molar-refractivity contribution in [3.05, 3.63) is 63.9 Å². The third kappa shape index (κ3) is 3.43. The maximum Gasteiger partial charge on any atom is 0.257 e. The highest BCUT2D eigenvalue weighted by Gasteiger charge is 2.41. The summed E-state index contributed by atoms with van der Waals surface area (Å²) < 4.78 is 29.6. The number of nitrogens with zero attached hydrogens (tertiary/aromatic N) is 2. The van der Waals surface area contributed by atoms with Gasteiger partial charge in [-0.05, 0) is 68.7 Å². The number of hydrogen-bond donors (Lipinski definition) is 2. The number of nitrogens with one attached hydrogen (secondary N) is 2. The van der Waals surface area contributed by atoms with Crippen LogP contribution in [0.2, 0.25) is 0 Å². The van der Waals surface area contributed by atoms with Gasteiger partial charge in [0.25, 0.3) is 5.91 Å². The van der Waals surface area contributed by atoms with Crippen LogP contribution in [0.25, 0.3) is 16.7 Å². The van der Waals surface area contributed by atoms with Crippen LogP contribution in [0, 0.1) is 17.6 Å². The Morgan fingerprint density at radius 1 is 1.12 bits per heavy atom. The Bertz CT molecular complexity index is 1270. The second kappa shape index (κ2) is 7.69. The second-order valence-corrected chi connectivity index (χ2v) is 8.87. The van der Waals surface area contributed by atoms with E-state index in [4.69, 9.17) is 0 Å². The maximum atomic E-state index is 14.7. The van der Waals surface area contributed by atoms with Gasteiger partial charge in [-0.25, -0.2) is 13.8 Å². The standard InChI is InChI=1S/C24H24F2N4O2/c1-27-20-5-3-16-21(31)17(23(32)29-24-9-6-14(7-10-24)8-11-24)13-30(22(16)28-20)19-4-2-15(25)12-18(19)26/h2-5,12-14H,6-11H2,1H3,(H,27,28)(H,29,32). The summed E-state index contributed by atoms with van der Waals surface area (Å²) in [5.41, 5.74) is -0.648. The molecule has 6 rings (SSSR count). The lowest BCUT2D eigenvalue weighted by molar-refractivity contribution is 0.0713. The molecule has 1 aromatic carbocycles. The van der Waals surface area contributed by atoms with Crippen molar-refractivity contribution in [3.8, 4) is 5.69 Å². The van der Waals surface area contributed by atoms with Crippen LogP contribution >= 0.6 is 0 Å². The molecule has 0 spiro atoms. The van der Waals surface area contributed by atoms with Gasteiger partial charge in [0, 0.05) is 24.8 Å². The van der Waals surface area contributed by atoms with Crippen molar-refractivity contribution in [2.75, 3.05) is 12.4 Å². The molecule has 3 aromatic rings. The molecule has 2 bridgehead atoms. The Labute approximate surface area is 183 Å². The molecule has 3 saturated carbocycles. The summed E-state index contributed by atoms with van der Waals surface area (Å²) in [7, 11) is 1.68. The molecular formula is C24H24F2N4O2. The first-order valence-corrected chi connectivity index (χ1v) is 10.9. The first kappa shape index (κ1) is 20.6. The van der Waals surface area contributed by atoms with Crippen molar-refractivity contribution in [2.24, 2.45) is 5.92 Å². The van der Waals surface area contributed by atoms with Gasteiger partial charge in [0.1, 0.15) is 23.0 Å². The lowest BCUT2D eigenvalue weighted by atomic mass is 9.66. The van der Waals surface area contributed by atoms with Gasteiger partial charge < -0.3 is 10.6 Å². The van der Waals surface area contributed by atoms with Crippen molar-refractivity contribution in [2.45, 2.75) is 44.1 Å². The zero-order valence-corrected chi connectivity index (χ0v) is 17.8. The summed E-state index contributed by atoms with van der Waals surface area (Å²) in [5.74, 6) is -0.789. The van der Waals surface area contributed by atoms with E-state index in [-0.39, 0.29) is 27.8 Å². The molecule has 2 N–H and O–H groups in total. The topological polar surface area (TPSA) is 76.0 Å². The number of amides is 1. The average Bonchev–Trinajstić information content (AvgIpc) is 2.80. The number of pyridine rings is 2. The molecule has 0 atom stereocenters. The number of carbonyl (C=O) groups is 1. The van der Waals surface area contributed by atoms with Crippen LogP contribution in [-0.4, -0.2) is 28.0 Å². The third-order valence-corrected chi connectivity index (χ3v) is 6.99. The Morgan fingerprint density at radius 3 is 2.50 bits per heavy atom. The number of rotatable bonds is 4. The van der Waals surface area contributed by atoms with Gasteiger partial charge in [-0.1, -0.05) is 0 Å². The molecule has 0 radical (unpaired) electrons. The molecule has 0 aliphatic heterocycles. The molecule has 8 heteroatoms. The third-order valence-electron chi connectivity index (χ3n) is 6.99. The van der Waals surface area contributed by atoms with Crippen LogP contribution in [-0.2, 0) is 0 Å². The molecule has 0 saturated heterocycles. The van der Waals surface area contributed by atoms with Gasteiger partial charge in [0.2, 0.25) is 5.43 Å². The quantitative estimate of drug-likeness (QED) is 0.642. The fraction of sp³-hybridized carbons (Fsp3) is 0.375. The minimum absolute atomic E-state index is 0.00235. The van der Waals surface area contributed by atoms with E-state index in [1.165, 1.54) is 16.8 Å². The Kier molecular flexibility index (Phi) is 4.95. The van der Waals surface area contributed by atoms with E-state index in [1.54, 1.807) is 19.2 Å². The molecule has 2 aromatic heterocycles. The summed E-state index contributed by atoms with van der Waals surface area (Å²) in [6.07, 6.45) is 7.29. The predicted octanol–water partition coefficient (Wildman–Crippen LogP) is 4.16.